The predicted octanol–water partition coefficient (Wildman–Crippen LogP) is 4.02. The third kappa shape index (κ3) is 2.96. The second-order valence-electron chi connectivity index (χ2n) is 6.23. The minimum absolute atomic E-state index is 0.200. The normalized spacial score (nSPS) is 11.6. The molecule has 0 amide bonds. The fourth-order valence-corrected chi connectivity index (χ4v) is 3.14. The Balaban J connectivity index is 1.75. The number of nitrogens with one attached hydrogen (secondary N) is 1. The maximum Gasteiger partial charge on any atom is 0.201 e. The highest BCUT2D eigenvalue weighted by molar-refractivity contribution is 5.94. The van der Waals surface area contributed by atoms with Crippen LogP contribution in [-0.2, 0) is 0 Å². The Bertz CT molecular complexity index is 1450. The number of nitrogens with zero attached hydrogens (tertiary/aromatic N) is 4. The van der Waals surface area contributed by atoms with E-state index < -0.39 is 5.82 Å². The van der Waals surface area contributed by atoms with E-state index in [2.05, 4.69) is 24.9 Å². The Morgan fingerprint density at radius 2 is 1.97 bits per heavy atom. The van der Waals surface area contributed by atoms with Crippen molar-refractivity contribution in [3.05, 3.63) is 83.0 Å². The molecular formula is C21H12FN5O2. The topological polar surface area (TPSA) is 97.0 Å². The second-order valence-corrected chi connectivity index (χ2v) is 6.23. The van der Waals surface area contributed by atoms with Gasteiger partial charge in [0, 0.05) is 0 Å². The molecule has 0 aliphatic heterocycles. The van der Waals surface area contributed by atoms with E-state index in [9.17, 15) is 9.18 Å². The molecule has 0 saturated carbocycles. The van der Waals surface area contributed by atoms with Gasteiger partial charge in [-0.15, -0.1) is 0 Å². The third-order valence-electron chi connectivity index (χ3n) is 4.45. The highest BCUT2D eigenvalue weighted by Crippen LogP contribution is 2.25. The minimum atomic E-state index is -0.451. The van der Waals surface area contributed by atoms with E-state index in [0.717, 1.165) is 0 Å². The average Bonchev–Trinajstić information content (AvgIpc) is 3.22. The number of aromatic amines is 1. The molecule has 1 N–H and O–H groups in total. The predicted molar refractivity (Wildman–Crippen MR) is 107 cm³/mol. The summed E-state index contributed by atoms with van der Waals surface area (Å²) in [6, 6.07) is 12.7. The standard InChI is InChI=1S/C21H12FN5O2/c22-13-5-3-4-12(8-13)17-16(29-15-7-2-1-6-14(15)19(17)28)9-23-20-18-21(25-10-24-18)27-11-26-20/h1-11H,(H,24,25,26,27). The molecule has 0 radical (unpaired) electrons. The molecule has 5 rings (SSSR count). The van der Waals surface area contributed by atoms with Crippen LogP contribution in [0.2, 0.25) is 0 Å². The van der Waals surface area contributed by atoms with Gasteiger partial charge in [-0.05, 0) is 29.8 Å². The highest BCUT2D eigenvalue weighted by Gasteiger charge is 2.16. The lowest BCUT2D eigenvalue weighted by Gasteiger charge is -2.07. The van der Waals surface area contributed by atoms with Crippen LogP contribution in [0.1, 0.15) is 5.76 Å². The molecule has 0 saturated heterocycles. The summed E-state index contributed by atoms with van der Waals surface area (Å²) in [7, 11) is 0. The number of benzene rings is 2. The Morgan fingerprint density at radius 1 is 1.07 bits per heavy atom. The van der Waals surface area contributed by atoms with Crippen molar-refractivity contribution in [2.45, 2.75) is 0 Å². The van der Waals surface area contributed by atoms with E-state index in [-0.39, 0.29) is 16.8 Å². The van der Waals surface area contributed by atoms with Crippen LogP contribution in [0.4, 0.5) is 10.2 Å². The summed E-state index contributed by atoms with van der Waals surface area (Å²) in [5, 5.41) is 0.405. The average molecular weight is 385 g/mol. The van der Waals surface area contributed by atoms with Gasteiger partial charge in [0.2, 0.25) is 5.43 Å². The first kappa shape index (κ1) is 16.9. The van der Waals surface area contributed by atoms with Gasteiger partial charge in [0.15, 0.2) is 17.2 Å². The number of aliphatic imine (C=N–C) groups is 1. The number of hydrogen-bond acceptors (Lipinski definition) is 6. The second kappa shape index (κ2) is 6.75. The first-order chi connectivity index (χ1) is 14.2. The molecule has 0 fully saturated rings. The molecule has 0 unspecified atom stereocenters. The number of hydrogen-bond donors (Lipinski definition) is 1. The van der Waals surface area contributed by atoms with Crippen LogP contribution in [0.15, 0.2) is 75.4 Å². The van der Waals surface area contributed by atoms with Crippen LogP contribution in [-0.4, -0.2) is 26.2 Å². The number of para-hydroxylation sites is 1. The zero-order chi connectivity index (χ0) is 19.8. The first-order valence-corrected chi connectivity index (χ1v) is 8.70. The summed E-state index contributed by atoms with van der Waals surface area (Å²) >= 11 is 0. The molecule has 0 bridgehead atoms. The molecule has 2 aromatic carbocycles. The van der Waals surface area contributed by atoms with E-state index in [1.807, 2.05) is 0 Å². The van der Waals surface area contributed by atoms with Crippen LogP contribution in [0, 0.1) is 5.82 Å². The van der Waals surface area contributed by atoms with Crippen molar-refractivity contribution in [2.75, 3.05) is 0 Å². The maximum atomic E-state index is 13.8. The van der Waals surface area contributed by atoms with Crippen molar-refractivity contribution in [1.82, 2.24) is 19.9 Å². The van der Waals surface area contributed by atoms with Gasteiger partial charge in [0.25, 0.3) is 0 Å². The summed E-state index contributed by atoms with van der Waals surface area (Å²) in [5.41, 5.74) is 1.79. The Morgan fingerprint density at radius 3 is 2.86 bits per heavy atom. The van der Waals surface area contributed by atoms with Gasteiger partial charge in [-0.1, -0.05) is 24.3 Å². The molecule has 0 aliphatic rings. The third-order valence-corrected chi connectivity index (χ3v) is 4.45. The van der Waals surface area contributed by atoms with Gasteiger partial charge in [0.1, 0.15) is 23.2 Å². The zero-order valence-electron chi connectivity index (χ0n) is 14.8. The van der Waals surface area contributed by atoms with Crippen LogP contribution in [0.3, 0.4) is 0 Å². The lowest BCUT2D eigenvalue weighted by Crippen LogP contribution is -2.09. The number of rotatable bonds is 3. The van der Waals surface area contributed by atoms with E-state index in [1.165, 1.54) is 31.0 Å². The highest BCUT2D eigenvalue weighted by atomic mass is 19.1. The molecular weight excluding hydrogens is 373 g/mol. The molecule has 8 heteroatoms. The Hall–Kier alpha value is -4.20. The summed E-state index contributed by atoms with van der Waals surface area (Å²) in [6.45, 7) is 0. The lowest BCUT2D eigenvalue weighted by atomic mass is 10.0. The monoisotopic (exact) mass is 385 g/mol. The number of halogens is 1. The maximum absolute atomic E-state index is 13.8. The molecule has 3 heterocycles. The molecule has 5 aromatic rings. The van der Waals surface area contributed by atoms with E-state index in [1.54, 1.807) is 36.4 Å². The molecule has 0 spiro atoms. The zero-order valence-corrected chi connectivity index (χ0v) is 14.8. The number of fused-ring (bicyclic) bond motifs is 2. The van der Waals surface area contributed by atoms with Crippen LogP contribution >= 0.6 is 0 Å². The van der Waals surface area contributed by atoms with Gasteiger partial charge in [0.05, 0.1) is 23.5 Å². The van der Waals surface area contributed by atoms with Crippen LogP contribution < -0.4 is 5.43 Å². The van der Waals surface area contributed by atoms with Crippen molar-refractivity contribution in [3.8, 4) is 11.1 Å². The van der Waals surface area contributed by atoms with Gasteiger partial charge in [-0.3, -0.25) is 4.79 Å². The van der Waals surface area contributed by atoms with Crippen molar-refractivity contribution in [2.24, 2.45) is 4.99 Å². The number of imidazole rings is 1. The Labute approximate surface area is 162 Å². The van der Waals surface area contributed by atoms with Gasteiger partial charge in [-0.2, -0.15) is 0 Å². The van der Waals surface area contributed by atoms with E-state index in [0.29, 0.717) is 33.5 Å². The SMILES string of the molecule is O=c1c(-c2cccc(F)c2)c(C=Nc2ncnc3nc[nH]c23)oc2ccccc12. The van der Waals surface area contributed by atoms with E-state index >= 15 is 0 Å². The van der Waals surface area contributed by atoms with Gasteiger partial charge in [-0.25, -0.2) is 24.3 Å². The number of aromatic nitrogens is 4. The molecule has 0 aliphatic carbocycles. The van der Waals surface area contributed by atoms with Crippen molar-refractivity contribution in [1.29, 1.82) is 0 Å². The molecule has 3 aromatic heterocycles. The van der Waals surface area contributed by atoms with Crippen molar-refractivity contribution in [3.63, 3.8) is 0 Å². The van der Waals surface area contributed by atoms with Gasteiger partial charge >= 0.3 is 0 Å². The molecule has 29 heavy (non-hydrogen) atoms. The lowest BCUT2D eigenvalue weighted by molar-refractivity contribution is 0.596. The number of H-pyrrole nitrogens is 1. The fourth-order valence-electron chi connectivity index (χ4n) is 3.14. The smallest absolute Gasteiger partial charge is 0.201 e. The van der Waals surface area contributed by atoms with Crippen LogP contribution in [0.5, 0.6) is 0 Å². The fraction of sp³-hybridized carbons (Fsp3) is 0. The van der Waals surface area contributed by atoms with Crippen molar-refractivity contribution >= 4 is 34.2 Å². The minimum Gasteiger partial charge on any atom is -0.454 e. The van der Waals surface area contributed by atoms with E-state index in [4.69, 9.17) is 4.42 Å². The largest absolute Gasteiger partial charge is 0.454 e. The summed E-state index contributed by atoms with van der Waals surface area (Å²) in [5.74, 6) is 0.0898. The molecule has 7 nitrogen and oxygen atoms in total. The van der Waals surface area contributed by atoms with Crippen LogP contribution in [0.25, 0.3) is 33.3 Å². The van der Waals surface area contributed by atoms with Gasteiger partial charge < -0.3 is 9.40 Å². The molecule has 140 valence electrons. The summed E-state index contributed by atoms with van der Waals surface area (Å²) in [6.07, 6.45) is 4.24. The quantitative estimate of drug-likeness (QED) is 0.473. The Kier molecular flexibility index (Phi) is 3.94. The van der Waals surface area contributed by atoms with Crippen molar-refractivity contribution < 1.29 is 8.81 Å². The summed E-state index contributed by atoms with van der Waals surface area (Å²) < 4.78 is 19.8. The summed E-state index contributed by atoms with van der Waals surface area (Å²) in [4.78, 5) is 32.7. The molecule has 0 atom stereocenters. The first-order valence-electron chi connectivity index (χ1n) is 8.70.